The van der Waals surface area contributed by atoms with Gasteiger partial charge < -0.3 is 5.73 Å². The van der Waals surface area contributed by atoms with Crippen molar-refractivity contribution < 1.29 is 4.39 Å². The van der Waals surface area contributed by atoms with Gasteiger partial charge in [0.2, 0.25) is 0 Å². The van der Waals surface area contributed by atoms with Crippen molar-refractivity contribution in [2.45, 2.75) is 6.42 Å². The van der Waals surface area contributed by atoms with Gasteiger partial charge in [0, 0.05) is 24.0 Å². The Morgan fingerprint density at radius 3 is 2.93 bits per heavy atom. The van der Waals surface area contributed by atoms with E-state index in [0.717, 1.165) is 11.3 Å². The van der Waals surface area contributed by atoms with Gasteiger partial charge in [-0.15, -0.1) is 0 Å². The van der Waals surface area contributed by atoms with Gasteiger partial charge in [-0.1, -0.05) is 0 Å². The maximum Gasteiger partial charge on any atom is 0.123 e. The molecule has 72 valence electrons. The Morgan fingerprint density at radius 1 is 1.36 bits per heavy atom. The number of aromatic amines is 1. The number of nitrogen functional groups attached to an aromatic ring is 1. The predicted octanol–water partition coefficient (Wildman–Crippen LogP) is 1.72. The topological polar surface area (TPSA) is 54.7 Å². The van der Waals surface area contributed by atoms with Gasteiger partial charge in [-0.05, 0) is 29.8 Å². The van der Waals surface area contributed by atoms with Gasteiger partial charge >= 0.3 is 0 Å². The third-order valence-electron chi connectivity index (χ3n) is 2.04. The fourth-order valence-electron chi connectivity index (χ4n) is 1.32. The monoisotopic (exact) mass is 191 g/mol. The van der Waals surface area contributed by atoms with Crippen molar-refractivity contribution in [1.29, 1.82) is 0 Å². The van der Waals surface area contributed by atoms with Crippen molar-refractivity contribution >= 4 is 5.69 Å². The maximum atomic E-state index is 12.9. The summed E-state index contributed by atoms with van der Waals surface area (Å²) >= 11 is 0. The molecule has 0 saturated carbocycles. The predicted molar refractivity (Wildman–Crippen MR) is 52.2 cm³/mol. The Morgan fingerprint density at radius 2 is 2.21 bits per heavy atom. The van der Waals surface area contributed by atoms with Crippen molar-refractivity contribution in [3.8, 4) is 0 Å². The molecule has 0 aliphatic heterocycles. The van der Waals surface area contributed by atoms with Crippen LogP contribution >= 0.6 is 0 Å². The molecule has 0 aliphatic rings. The number of halogens is 1. The molecular weight excluding hydrogens is 181 g/mol. The Bertz CT molecular complexity index is 423. The van der Waals surface area contributed by atoms with Crippen LogP contribution in [0.5, 0.6) is 0 Å². The van der Waals surface area contributed by atoms with Crippen molar-refractivity contribution in [3.63, 3.8) is 0 Å². The van der Waals surface area contributed by atoms with E-state index in [0.29, 0.717) is 12.1 Å². The molecule has 0 unspecified atom stereocenters. The Kier molecular flexibility index (Phi) is 2.18. The third kappa shape index (κ3) is 1.74. The summed E-state index contributed by atoms with van der Waals surface area (Å²) in [6.07, 6.45) is 2.23. The molecule has 14 heavy (non-hydrogen) atoms. The van der Waals surface area contributed by atoms with Crippen LogP contribution < -0.4 is 5.73 Å². The summed E-state index contributed by atoms with van der Waals surface area (Å²) in [5.74, 6) is -0.270. The van der Waals surface area contributed by atoms with E-state index in [4.69, 9.17) is 5.73 Å². The number of nitrogens with zero attached hydrogens (tertiary/aromatic N) is 1. The second-order valence-corrected chi connectivity index (χ2v) is 3.10. The van der Waals surface area contributed by atoms with Crippen LogP contribution in [-0.4, -0.2) is 10.2 Å². The van der Waals surface area contributed by atoms with E-state index in [9.17, 15) is 4.39 Å². The highest BCUT2D eigenvalue weighted by molar-refractivity contribution is 5.48. The number of nitrogens with two attached hydrogens (primary N) is 1. The molecule has 1 aromatic carbocycles. The number of hydrogen-bond donors (Lipinski definition) is 2. The normalized spacial score (nSPS) is 10.4. The van der Waals surface area contributed by atoms with Crippen LogP contribution in [0.2, 0.25) is 0 Å². The molecule has 1 heterocycles. The molecule has 0 atom stereocenters. The molecule has 0 saturated heterocycles. The molecule has 0 radical (unpaired) electrons. The molecule has 3 N–H and O–H groups in total. The van der Waals surface area contributed by atoms with Crippen LogP contribution in [0.15, 0.2) is 30.5 Å². The minimum absolute atomic E-state index is 0.270. The lowest BCUT2D eigenvalue weighted by atomic mass is 10.1. The molecule has 2 rings (SSSR count). The molecule has 0 bridgehead atoms. The number of nitrogens with one attached hydrogen (secondary N) is 1. The van der Waals surface area contributed by atoms with E-state index in [1.807, 2.05) is 6.07 Å². The first-order valence-corrected chi connectivity index (χ1v) is 4.28. The van der Waals surface area contributed by atoms with Gasteiger partial charge in [0.25, 0.3) is 0 Å². The zero-order chi connectivity index (χ0) is 9.97. The van der Waals surface area contributed by atoms with Crippen LogP contribution in [0.25, 0.3) is 0 Å². The van der Waals surface area contributed by atoms with E-state index in [-0.39, 0.29) is 5.82 Å². The molecular formula is C10H10FN3. The number of benzene rings is 1. The van der Waals surface area contributed by atoms with Crippen molar-refractivity contribution in [2.75, 3.05) is 5.73 Å². The summed E-state index contributed by atoms with van der Waals surface area (Å²) in [7, 11) is 0. The number of hydrogen-bond acceptors (Lipinski definition) is 2. The van der Waals surface area contributed by atoms with Gasteiger partial charge in [0.15, 0.2) is 0 Å². The summed E-state index contributed by atoms with van der Waals surface area (Å²) < 4.78 is 12.9. The average Bonchev–Trinajstić information content (AvgIpc) is 2.64. The average molecular weight is 191 g/mol. The quantitative estimate of drug-likeness (QED) is 0.710. The van der Waals surface area contributed by atoms with Crippen LogP contribution in [-0.2, 0) is 6.42 Å². The summed E-state index contributed by atoms with van der Waals surface area (Å²) in [5.41, 5.74) is 7.99. The number of aromatic nitrogens is 2. The van der Waals surface area contributed by atoms with Gasteiger partial charge in [-0.3, -0.25) is 5.10 Å². The molecule has 1 aromatic heterocycles. The summed E-state index contributed by atoms with van der Waals surface area (Å²) in [6.45, 7) is 0. The smallest absolute Gasteiger partial charge is 0.123 e. The standard InChI is InChI=1S/C10H10FN3/c11-8-1-2-10(12)7(5-8)6-9-3-4-13-14-9/h1-5H,6,12H2,(H,13,14). The fraction of sp³-hybridized carbons (Fsp3) is 0.100. The molecule has 2 aromatic rings. The first-order chi connectivity index (χ1) is 6.75. The lowest BCUT2D eigenvalue weighted by Gasteiger charge is -2.03. The zero-order valence-electron chi connectivity index (χ0n) is 7.50. The highest BCUT2D eigenvalue weighted by Gasteiger charge is 2.03. The second kappa shape index (κ2) is 3.49. The first kappa shape index (κ1) is 8.74. The highest BCUT2D eigenvalue weighted by atomic mass is 19.1. The maximum absolute atomic E-state index is 12.9. The minimum atomic E-state index is -0.270. The first-order valence-electron chi connectivity index (χ1n) is 4.28. The number of anilines is 1. The second-order valence-electron chi connectivity index (χ2n) is 3.10. The van der Waals surface area contributed by atoms with Gasteiger partial charge in [-0.25, -0.2) is 4.39 Å². The van der Waals surface area contributed by atoms with Crippen molar-refractivity contribution in [1.82, 2.24) is 10.2 Å². The van der Waals surface area contributed by atoms with Gasteiger partial charge in [-0.2, -0.15) is 5.10 Å². The van der Waals surface area contributed by atoms with E-state index in [1.165, 1.54) is 12.1 Å². The number of H-pyrrole nitrogens is 1. The molecule has 0 spiro atoms. The fourth-order valence-corrected chi connectivity index (χ4v) is 1.32. The van der Waals surface area contributed by atoms with E-state index >= 15 is 0 Å². The molecule has 0 amide bonds. The number of rotatable bonds is 2. The largest absolute Gasteiger partial charge is 0.398 e. The van der Waals surface area contributed by atoms with Crippen molar-refractivity contribution in [2.24, 2.45) is 0 Å². The highest BCUT2D eigenvalue weighted by Crippen LogP contribution is 2.16. The summed E-state index contributed by atoms with van der Waals surface area (Å²) in [6, 6.07) is 6.20. The summed E-state index contributed by atoms with van der Waals surface area (Å²) in [5, 5.41) is 6.62. The van der Waals surface area contributed by atoms with Gasteiger partial charge in [0.05, 0.1) is 0 Å². The lowest BCUT2D eigenvalue weighted by molar-refractivity contribution is 0.626. The molecule has 4 heteroatoms. The van der Waals surface area contributed by atoms with Crippen LogP contribution in [0.4, 0.5) is 10.1 Å². The minimum Gasteiger partial charge on any atom is -0.398 e. The summed E-state index contributed by atoms with van der Waals surface area (Å²) in [4.78, 5) is 0. The van der Waals surface area contributed by atoms with Crippen LogP contribution in [0.1, 0.15) is 11.3 Å². The molecule has 0 fully saturated rings. The molecule has 3 nitrogen and oxygen atoms in total. The van der Waals surface area contributed by atoms with E-state index in [2.05, 4.69) is 10.2 Å². The third-order valence-corrected chi connectivity index (χ3v) is 2.04. The SMILES string of the molecule is Nc1ccc(F)cc1Cc1ccn[nH]1. The van der Waals surface area contributed by atoms with Crippen molar-refractivity contribution in [3.05, 3.63) is 47.5 Å². The molecule has 0 aliphatic carbocycles. The van der Waals surface area contributed by atoms with E-state index in [1.54, 1.807) is 12.3 Å². The Balaban J connectivity index is 2.28. The lowest BCUT2D eigenvalue weighted by Crippen LogP contribution is -1.96. The Hall–Kier alpha value is -1.84. The zero-order valence-corrected chi connectivity index (χ0v) is 7.50. The van der Waals surface area contributed by atoms with E-state index < -0.39 is 0 Å². The Labute approximate surface area is 80.8 Å². The van der Waals surface area contributed by atoms with Crippen LogP contribution in [0, 0.1) is 5.82 Å². The van der Waals surface area contributed by atoms with Crippen LogP contribution in [0.3, 0.4) is 0 Å². The van der Waals surface area contributed by atoms with Gasteiger partial charge in [0.1, 0.15) is 5.82 Å².